The fourth-order valence-electron chi connectivity index (χ4n) is 3.17. The molecule has 148 valence electrons. The molecule has 0 saturated carbocycles. The maximum absolute atomic E-state index is 13.5. The van der Waals surface area contributed by atoms with Gasteiger partial charge in [0.05, 0.1) is 10.6 Å². The Kier molecular flexibility index (Phi) is 4.87. The lowest BCUT2D eigenvalue weighted by Crippen LogP contribution is -2.15. The minimum absolute atomic E-state index is 0.259. The molecular formula is C21H15F3N2O2S. The first-order valence-corrected chi connectivity index (χ1v) is 10.2. The summed E-state index contributed by atoms with van der Waals surface area (Å²) < 4.78 is 67.0. The van der Waals surface area contributed by atoms with Gasteiger partial charge in [-0.05, 0) is 60.5 Å². The Bertz CT molecular complexity index is 1220. The van der Waals surface area contributed by atoms with Gasteiger partial charge in [0.15, 0.2) is 11.6 Å². The number of nitrogens with one attached hydrogen (secondary N) is 1. The lowest BCUT2D eigenvalue weighted by molar-refractivity contribution is 0.504. The van der Waals surface area contributed by atoms with Gasteiger partial charge < -0.3 is 0 Å². The van der Waals surface area contributed by atoms with Gasteiger partial charge in [-0.15, -0.1) is 0 Å². The smallest absolute Gasteiger partial charge is 0.261 e. The highest BCUT2D eigenvalue weighted by Crippen LogP contribution is 2.24. The number of halogens is 3. The fraction of sp³-hybridized carbons (Fsp3) is 0.0952. The maximum Gasteiger partial charge on any atom is 0.261 e. The van der Waals surface area contributed by atoms with Crippen molar-refractivity contribution in [2.24, 2.45) is 4.99 Å². The second kappa shape index (κ2) is 7.36. The Balaban J connectivity index is 1.59. The minimum atomic E-state index is -4.07. The first kappa shape index (κ1) is 19.2. The van der Waals surface area contributed by atoms with Crippen LogP contribution in [-0.4, -0.2) is 20.7 Å². The van der Waals surface area contributed by atoms with E-state index >= 15 is 0 Å². The predicted octanol–water partition coefficient (Wildman–Crippen LogP) is 4.30. The molecule has 0 saturated heterocycles. The van der Waals surface area contributed by atoms with Gasteiger partial charge in [0.25, 0.3) is 10.0 Å². The molecule has 0 aliphatic carbocycles. The second-order valence-corrected chi connectivity index (χ2v) is 8.22. The van der Waals surface area contributed by atoms with Crippen molar-refractivity contribution in [3.05, 3.63) is 94.8 Å². The molecule has 0 bridgehead atoms. The molecule has 1 heterocycles. The number of hydrogen-bond donors (Lipinski definition) is 1. The van der Waals surface area contributed by atoms with E-state index in [2.05, 4.69) is 9.71 Å². The molecule has 29 heavy (non-hydrogen) atoms. The molecule has 0 fully saturated rings. The molecule has 1 aliphatic heterocycles. The molecular weight excluding hydrogens is 401 g/mol. The molecule has 0 spiro atoms. The number of nitrogens with zero attached hydrogens (tertiary/aromatic N) is 1. The predicted molar refractivity (Wildman–Crippen MR) is 104 cm³/mol. The number of anilines is 1. The van der Waals surface area contributed by atoms with E-state index in [9.17, 15) is 21.6 Å². The molecule has 1 N–H and O–H groups in total. The van der Waals surface area contributed by atoms with Crippen molar-refractivity contribution in [3.8, 4) is 0 Å². The van der Waals surface area contributed by atoms with Crippen molar-refractivity contribution in [1.82, 2.24) is 0 Å². The van der Waals surface area contributed by atoms with Crippen LogP contribution in [0, 0.1) is 17.5 Å². The zero-order valence-electron chi connectivity index (χ0n) is 15.0. The summed E-state index contributed by atoms with van der Waals surface area (Å²) in [5.41, 5.74) is 3.44. The Morgan fingerprint density at radius 3 is 2.34 bits per heavy atom. The van der Waals surface area contributed by atoms with Gasteiger partial charge in [-0.25, -0.2) is 21.6 Å². The summed E-state index contributed by atoms with van der Waals surface area (Å²) in [7, 11) is -4.07. The summed E-state index contributed by atoms with van der Waals surface area (Å²) in [6, 6.07) is 13.4. The molecule has 0 amide bonds. The van der Waals surface area contributed by atoms with Crippen molar-refractivity contribution in [2.45, 2.75) is 11.3 Å². The molecule has 0 radical (unpaired) electrons. The van der Waals surface area contributed by atoms with Crippen LogP contribution >= 0.6 is 0 Å². The van der Waals surface area contributed by atoms with E-state index in [0.29, 0.717) is 24.7 Å². The summed E-state index contributed by atoms with van der Waals surface area (Å²) in [6.07, 6.45) is 0.655. The summed E-state index contributed by atoms with van der Waals surface area (Å²) in [5.74, 6) is -2.66. The summed E-state index contributed by atoms with van der Waals surface area (Å²) >= 11 is 0. The van der Waals surface area contributed by atoms with Crippen LogP contribution in [0.5, 0.6) is 0 Å². The van der Waals surface area contributed by atoms with Crippen molar-refractivity contribution >= 4 is 21.4 Å². The molecule has 8 heteroatoms. The van der Waals surface area contributed by atoms with Gasteiger partial charge in [-0.1, -0.05) is 12.1 Å². The second-order valence-electron chi connectivity index (χ2n) is 6.54. The van der Waals surface area contributed by atoms with E-state index in [1.165, 1.54) is 12.1 Å². The maximum atomic E-state index is 13.5. The lowest BCUT2D eigenvalue weighted by Gasteiger charge is -2.17. The first-order valence-electron chi connectivity index (χ1n) is 8.75. The summed E-state index contributed by atoms with van der Waals surface area (Å²) in [4.78, 5) is 4.14. The van der Waals surface area contributed by atoms with Crippen molar-refractivity contribution in [3.63, 3.8) is 0 Å². The number of fused-ring (bicyclic) bond motifs is 1. The Hall–Kier alpha value is -3.13. The molecule has 0 aromatic heterocycles. The van der Waals surface area contributed by atoms with Crippen LogP contribution in [0.4, 0.5) is 18.9 Å². The van der Waals surface area contributed by atoms with Crippen molar-refractivity contribution < 1.29 is 21.6 Å². The SMILES string of the molecule is O=S(=O)(Nc1ccc(C2=NCCc3cc(F)ccc32)cc1)c1ccc(F)c(F)c1. The van der Waals surface area contributed by atoms with Crippen LogP contribution in [0.15, 0.2) is 70.6 Å². The Morgan fingerprint density at radius 2 is 1.62 bits per heavy atom. The zero-order chi connectivity index (χ0) is 20.6. The molecule has 4 rings (SSSR count). The fourth-order valence-corrected chi connectivity index (χ4v) is 4.24. The quantitative estimate of drug-likeness (QED) is 0.690. The van der Waals surface area contributed by atoms with Crippen LogP contribution < -0.4 is 4.72 Å². The number of benzene rings is 3. The lowest BCUT2D eigenvalue weighted by atomic mass is 9.93. The standard InChI is InChI=1S/C21H15F3N2O2S/c22-15-3-7-18-14(11-15)9-10-25-21(18)13-1-4-16(5-2-13)26-29(27,28)17-6-8-19(23)20(24)12-17/h1-8,11-12,26H,9-10H2. The van der Waals surface area contributed by atoms with Gasteiger partial charge in [0.1, 0.15) is 5.82 Å². The third-order valence-corrected chi connectivity index (χ3v) is 5.96. The molecule has 0 unspecified atom stereocenters. The van der Waals surface area contributed by atoms with E-state index in [1.807, 2.05) is 0 Å². The van der Waals surface area contributed by atoms with Gasteiger partial charge in [0.2, 0.25) is 0 Å². The van der Waals surface area contributed by atoms with Crippen LogP contribution in [-0.2, 0) is 16.4 Å². The van der Waals surface area contributed by atoms with E-state index in [4.69, 9.17) is 0 Å². The highest BCUT2D eigenvalue weighted by molar-refractivity contribution is 7.92. The van der Waals surface area contributed by atoms with Crippen LogP contribution in [0.2, 0.25) is 0 Å². The van der Waals surface area contributed by atoms with E-state index in [0.717, 1.165) is 28.8 Å². The first-order chi connectivity index (χ1) is 13.8. The molecule has 0 atom stereocenters. The van der Waals surface area contributed by atoms with Crippen LogP contribution in [0.25, 0.3) is 0 Å². The number of hydrogen-bond acceptors (Lipinski definition) is 3. The number of aliphatic imine (C=N–C) groups is 1. The largest absolute Gasteiger partial charge is 0.284 e. The van der Waals surface area contributed by atoms with Crippen molar-refractivity contribution in [2.75, 3.05) is 11.3 Å². The highest BCUT2D eigenvalue weighted by atomic mass is 32.2. The number of sulfonamides is 1. The monoisotopic (exact) mass is 416 g/mol. The highest BCUT2D eigenvalue weighted by Gasteiger charge is 2.19. The molecule has 3 aromatic carbocycles. The molecule has 4 nitrogen and oxygen atoms in total. The Labute approximate surface area is 165 Å². The van der Waals surface area contributed by atoms with Gasteiger partial charge in [-0.2, -0.15) is 0 Å². The van der Waals surface area contributed by atoms with E-state index in [-0.39, 0.29) is 16.4 Å². The molecule has 1 aliphatic rings. The summed E-state index contributed by atoms with van der Waals surface area (Å²) in [6.45, 7) is 0.538. The van der Waals surface area contributed by atoms with Gasteiger partial charge in [-0.3, -0.25) is 9.71 Å². The third kappa shape index (κ3) is 3.88. The third-order valence-electron chi connectivity index (χ3n) is 4.59. The van der Waals surface area contributed by atoms with Gasteiger partial charge >= 0.3 is 0 Å². The van der Waals surface area contributed by atoms with Crippen LogP contribution in [0.1, 0.15) is 16.7 Å². The average Bonchev–Trinajstić information content (AvgIpc) is 2.69. The van der Waals surface area contributed by atoms with Crippen LogP contribution in [0.3, 0.4) is 0 Å². The van der Waals surface area contributed by atoms with Crippen molar-refractivity contribution in [1.29, 1.82) is 0 Å². The minimum Gasteiger partial charge on any atom is -0.284 e. The average molecular weight is 416 g/mol. The summed E-state index contributed by atoms with van der Waals surface area (Å²) in [5, 5.41) is 0. The van der Waals surface area contributed by atoms with Gasteiger partial charge in [0, 0.05) is 23.4 Å². The van der Waals surface area contributed by atoms with E-state index in [1.54, 1.807) is 30.3 Å². The normalized spacial score (nSPS) is 13.6. The number of rotatable bonds is 4. The molecule has 3 aromatic rings. The Morgan fingerprint density at radius 1 is 0.862 bits per heavy atom. The zero-order valence-corrected chi connectivity index (χ0v) is 15.8. The topological polar surface area (TPSA) is 58.5 Å². The van der Waals surface area contributed by atoms with E-state index < -0.39 is 21.7 Å².